The van der Waals surface area contributed by atoms with Crippen molar-refractivity contribution in [3.05, 3.63) is 47.2 Å². The van der Waals surface area contributed by atoms with Gasteiger partial charge in [-0.3, -0.25) is 0 Å². The molecule has 0 aliphatic carbocycles. The predicted octanol–water partition coefficient (Wildman–Crippen LogP) is 4.09. The molecule has 0 fully saturated rings. The number of fused-ring (bicyclic) bond motifs is 1. The zero-order valence-corrected chi connectivity index (χ0v) is 13.9. The molecule has 0 aromatic heterocycles. The summed E-state index contributed by atoms with van der Waals surface area (Å²) in [5, 5.41) is 14.8. The van der Waals surface area contributed by atoms with Crippen molar-refractivity contribution in [2.45, 2.75) is 26.9 Å². The van der Waals surface area contributed by atoms with Gasteiger partial charge in [0.15, 0.2) is 11.5 Å². The smallest absolute Gasteiger partial charge is 0.430 e. The van der Waals surface area contributed by atoms with Gasteiger partial charge in [-0.1, -0.05) is 30.3 Å². The standard InChI is InChI=1S/C17H17F3N2O3/c1-4-13-11-8-6-7-9-12(11)15(23)14(16(24)25-5-2)22(13)21-10(3)17(18,19)20/h4,6-9,23H,5H2,1-3H3/b13-4+,21-10+. The van der Waals surface area contributed by atoms with Gasteiger partial charge in [-0.15, -0.1) is 0 Å². The number of esters is 1. The van der Waals surface area contributed by atoms with Crippen LogP contribution in [-0.4, -0.2) is 34.6 Å². The van der Waals surface area contributed by atoms with Gasteiger partial charge in [0.25, 0.3) is 0 Å². The highest BCUT2D eigenvalue weighted by atomic mass is 19.4. The van der Waals surface area contributed by atoms with Crippen molar-refractivity contribution in [1.29, 1.82) is 0 Å². The number of nitrogens with zero attached hydrogens (tertiary/aromatic N) is 2. The van der Waals surface area contributed by atoms with Crippen molar-refractivity contribution >= 4 is 23.1 Å². The maximum atomic E-state index is 12.9. The van der Waals surface area contributed by atoms with E-state index in [9.17, 15) is 23.1 Å². The van der Waals surface area contributed by atoms with Gasteiger partial charge in [0.2, 0.25) is 0 Å². The number of halogens is 3. The van der Waals surface area contributed by atoms with Gasteiger partial charge < -0.3 is 9.84 Å². The minimum Gasteiger partial charge on any atom is -0.505 e. The Morgan fingerprint density at radius 1 is 1.32 bits per heavy atom. The van der Waals surface area contributed by atoms with E-state index in [1.54, 1.807) is 38.1 Å². The van der Waals surface area contributed by atoms with Gasteiger partial charge in [-0.05, 0) is 20.8 Å². The van der Waals surface area contributed by atoms with E-state index < -0.39 is 29.3 Å². The Labute approximate surface area is 142 Å². The fourth-order valence-corrected chi connectivity index (χ4v) is 2.35. The molecule has 1 aromatic carbocycles. The number of aliphatic hydroxyl groups excluding tert-OH is 1. The molecule has 0 spiro atoms. The van der Waals surface area contributed by atoms with E-state index in [2.05, 4.69) is 5.10 Å². The molecule has 0 amide bonds. The summed E-state index contributed by atoms with van der Waals surface area (Å²) in [5.41, 5.74) is -0.623. The SMILES string of the molecule is C/C=C1\c2ccccc2C(O)=C(C(=O)OCC)N1/N=C(\C)C(F)(F)F. The summed E-state index contributed by atoms with van der Waals surface area (Å²) in [5.74, 6) is -1.45. The molecule has 2 rings (SSSR count). The third kappa shape index (κ3) is 3.52. The van der Waals surface area contributed by atoms with Crippen molar-refractivity contribution in [2.24, 2.45) is 5.10 Å². The van der Waals surface area contributed by atoms with Crippen molar-refractivity contribution in [1.82, 2.24) is 5.01 Å². The van der Waals surface area contributed by atoms with Crippen LogP contribution in [0.25, 0.3) is 11.5 Å². The Kier molecular flexibility index (Phi) is 5.20. The summed E-state index contributed by atoms with van der Waals surface area (Å²) in [6.07, 6.45) is -3.16. The molecule has 8 heteroatoms. The second kappa shape index (κ2) is 7.00. The first kappa shape index (κ1) is 18.6. The second-order valence-corrected chi connectivity index (χ2v) is 5.13. The molecule has 0 unspecified atom stereocenters. The predicted molar refractivity (Wildman–Crippen MR) is 87.3 cm³/mol. The Bertz CT molecular complexity index is 780. The van der Waals surface area contributed by atoms with Gasteiger partial charge in [-0.25, -0.2) is 9.80 Å². The quantitative estimate of drug-likeness (QED) is 0.656. The summed E-state index contributed by atoms with van der Waals surface area (Å²) in [4.78, 5) is 12.3. The van der Waals surface area contributed by atoms with Crippen LogP contribution in [0, 0.1) is 0 Å². The van der Waals surface area contributed by atoms with Crippen molar-refractivity contribution in [2.75, 3.05) is 6.61 Å². The van der Waals surface area contributed by atoms with Crippen molar-refractivity contribution < 1.29 is 27.8 Å². The van der Waals surface area contributed by atoms with Gasteiger partial charge in [0, 0.05) is 11.1 Å². The molecule has 1 aliphatic heterocycles. The molecule has 0 radical (unpaired) electrons. The van der Waals surface area contributed by atoms with Crippen LogP contribution in [0.1, 0.15) is 31.9 Å². The third-order valence-corrected chi connectivity index (χ3v) is 3.52. The first-order valence-electron chi connectivity index (χ1n) is 7.51. The third-order valence-electron chi connectivity index (χ3n) is 3.52. The van der Waals surface area contributed by atoms with Crippen LogP contribution in [0.15, 0.2) is 41.1 Å². The number of hydrazone groups is 1. The first-order chi connectivity index (χ1) is 11.7. The fraction of sp³-hybridized carbons (Fsp3) is 0.294. The van der Waals surface area contributed by atoms with E-state index in [1.165, 1.54) is 6.08 Å². The summed E-state index contributed by atoms with van der Waals surface area (Å²) < 4.78 is 43.7. The number of ether oxygens (including phenoxy) is 1. The molecule has 1 aromatic rings. The summed E-state index contributed by atoms with van der Waals surface area (Å²) >= 11 is 0. The summed E-state index contributed by atoms with van der Waals surface area (Å²) in [7, 11) is 0. The molecule has 1 aliphatic rings. The minimum absolute atomic E-state index is 0.00175. The number of benzene rings is 1. The lowest BCUT2D eigenvalue weighted by atomic mass is 9.97. The van der Waals surface area contributed by atoms with Crippen LogP contribution in [0.2, 0.25) is 0 Å². The molecule has 25 heavy (non-hydrogen) atoms. The van der Waals surface area contributed by atoms with Crippen LogP contribution in [-0.2, 0) is 9.53 Å². The number of alkyl halides is 3. The van der Waals surface area contributed by atoms with Crippen LogP contribution in [0.5, 0.6) is 0 Å². The summed E-state index contributed by atoms with van der Waals surface area (Å²) in [6, 6.07) is 6.49. The Morgan fingerprint density at radius 3 is 2.44 bits per heavy atom. The number of aliphatic hydroxyl groups is 1. The van der Waals surface area contributed by atoms with E-state index in [0.717, 1.165) is 11.9 Å². The molecule has 0 bridgehead atoms. The highest BCUT2D eigenvalue weighted by molar-refractivity contribution is 6.01. The van der Waals surface area contributed by atoms with E-state index in [1.807, 2.05) is 0 Å². The first-order valence-corrected chi connectivity index (χ1v) is 7.51. The average molecular weight is 354 g/mol. The Balaban J connectivity index is 2.74. The number of hydrogen-bond acceptors (Lipinski definition) is 5. The Hall–Kier alpha value is -2.77. The van der Waals surface area contributed by atoms with Crippen molar-refractivity contribution in [3.8, 4) is 0 Å². The highest BCUT2D eigenvalue weighted by Crippen LogP contribution is 2.38. The molecule has 0 saturated carbocycles. The van der Waals surface area contributed by atoms with Gasteiger partial charge in [-0.2, -0.15) is 18.3 Å². The second-order valence-electron chi connectivity index (χ2n) is 5.13. The van der Waals surface area contributed by atoms with Crippen molar-refractivity contribution in [3.63, 3.8) is 0 Å². The van der Waals surface area contributed by atoms with Crippen LogP contribution < -0.4 is 0 Å². The molecule has 1 N–H and O–H groups in total. The zero-order chi connectivity index (χ0) is 18.8. The normalized spacial score (nSPS) is 17.0. The highest BCUT2D eigenvalue weighted by Gasteiger charge is 2.38. The van der Waals surface area contributed by atoms with Crippen LogP contribution in [0.3, 0.4) is 0 Å². The Morgan fingerprint density at radius 2 is 1.92 bits per heavy atom. The van der Waals surface area contributed by atoms with Gasteiger partial charge in [0.05, 0.1) is 12.3 Å². The zero-order valence-electron chi connectivity index (χ0n) is 13.9. The monoisotopic (exact) mass is 354 g/mol. The average Bonchev–Trinajstić information content (AvgIpc) is 2.54. The maximum Gasteiger partial charge on any atom is 0.430 e. The molecular weight excluding hydrogens is 337 g/mol. The van der Waals surface area contributed by atoms with E-state index >= 15 is 0 Å². The lowest BCUT2D eigenvalue weighted by molar-refractivity contribution is -0.140. The topological polar surface area (TPSA) is 62.1 Å². The number of carbonyl (C=O) groups excluding carboxylic acids is 1. The van der Waals surface area contributed by atoms with Crippen LogP contribution >= 0.6 is 0 Å². The molecule has 5 nitrogen and oxygen atoms in total. The molecular formula is C17H17F3N2O3. The minimum atomic E-state index is -4.68. The fourth-order valence-electron chi connectivity index (χ4n) is 2.35. The van der Waals surface area contributed by atoms with Gasteiger partial charge >= 0.3 is 12.1 Å². The maximum absolute atomic E-state index is 12.9. The lowest BCUT2D eigenvalue weighted by Gasteiger charge is -2.30. The number of rotatable bonds is 3. The van der Waals surface area contributed by atoms with E-state index in [4.69, 9.17) is 4.74 Å². The number of carbonyl (C=O) groups is 1. The summed E-state index contributed by atoms with van der Waals surface area (Å²) in [6.45, 7) is 3.94. The molecule has 0 atom stereocenters. The molecule has 1 heterocycles. The lowest BCUT2D eigenvalue weighted by Crippen LogP contribution is -2.31. The van der Waals surface area contributed by atoms with E-state index in [0.29, 0.717) is 11.1 Å². The molecule has 134 valence electrons. The number of hydrogen-bond donors (Lipinski definition) is 1. The van der Waals surface area contributed by atoms with Gasteiger partial charge in [0.1, 0.15) is 5.71 Å². The molecule has 0 saturated heterocycles. The van der Waals surface area contributed by atoms with Crippen LogP contribution in [0.4, 0.5) is 13.2 Å². The largest absolute Gasteiger partial charge is 0.505 e. The number of allylic oxidation sites excluding steroid dienone is 1. The van der Waals surface area contributed by atoms with E-state index in [-0.39, 0.29) is 12.3 Å².